The molecule has 1 saturated heterocycles. The van der Waals surface area contributed by atoms with Crippen LogP contribution in [0.2, 0.25) is 0 Å². The molecule has 1 N–H and O–H groups in total. The molecular formula is C25H27N7O3S. The molecule has 4 bridgehead atoms. The largest absolute Gasteiger partial charge is 0.494 e. The van der Waals surface area contributed by atoms with E-state index < -0.39 is 0 Å². The highest BCUT2D eigenvalue weighted by Gasteiger charge is 2.37. The smallest absolute Gasteiger partial charge is 0.251 e. The van der Waals surface area contributed by atoms with Gasteiger partial charge in [0.1, 0.15) is 28.4 Å². The molecule has 0 spiro atoms. The Labute approximate surface area is 212 Å². The highest BCUT2D eigenvalue weighted by atomic mass is 32.1. The van der Waals surface area contributed by atoms with E-state index in [9.17, 15) is 4.79 Å². The molecule has 0 aliphatic carbocycles. The summed E-state index contributed by atoms with van der Waals surface area (Å²) in [6, 6.07) is 7.04. The molecular weight excluding hydrogens is 478 g/mol. The van der Waals surface area contributed by atoms with E-state index in [2.05, 4.69) is 44.3 Å². The molecule has 2 atom stereocenters. The van der Waals surface area contributed by atoms with E-state index >= 15 is 0 Å². The third-order valence-corrected chi connectivity index (χ3v) is 7.87. The standard InChI is InChI=1S/C25H27N7O3S/c1-15-16(2)36-25-22(15)23(26-14-27-25)31-11-20-21(12-31)35-13-18-10-32(30-29-18)7-4-8-34-19-6-3-5-17(9-19)24(33)28-20/h3,5-6,9-10,14,20-21H,4,7-8,11-13H2,1-2H3,(H,28,33)/t20-,21-/m0/s1. The molecule has 1 amide bonds. The summed E-state index contributed by atoms with van der Waals surface area (Å²) in [5.74, 6) is 1.38. The highest BCUT2D eigenvalue weighted by molar-refractivity contribution is 7.18. The summed E-state index contributed by atoms with van der Waals surface area (Å²) < 4.78 is 14.0. The number of ether oxygens (including phenoxy) is 2. The van der Waals surface area contributed by atoms with Crippen molar-refractivity contribution >= 4 is 33.3 Å². The van der Waals surface area contributed by atoms with Crippen molar-refractivity contribution in [3.63, 3.8) is 0 Å². The Balaban J connectivity index is 1.32. The molecule has 2 aliphatic rings. The van der Waals surface area contributed by atoms with Crippen molar-refractivity contribution in [1.29, 1.82) is 0 Å². The van der Waals surface area contributed by atoms with E-state index in [4.69, 9.17) is 9.47 Å². The minimum atomic E-state index is -0.253. The van der Waals surface area contributed by atoms with E-state index in [0.29, 0.717) is 44.2 Å². The van der Waals surface area contributed by atoms with Gasteiger partial charge in [0.05, 0.1) is 36.9 Å². The van der Waals surface area contributed by atoms with Crippen molar-refractivity contribution < 1.29 is 14.3 Å². The first-order valence-corrected chi connectivity index (χ1v) is 12.9. The second-order valence-electron chi connectivity index (χ2n) is 9.20. The first kappa shape index (κ1) is 22.9. The van der Waals surface area contributed by atoms with Gasteiger partial charge in [0, 0.05) is 36.5 Å². The van der Waals surface area contributed by atoms with Crippen LogP contribution in [0.3, 0.4) is 0 Å². The Morgan fingerprint density at radius 1 is 1.19 bits per heavy atom. The van der Waals surface area contributed by atoms with Gasteiger partial charge in [-0.1, -0.05) is 11.3 Å². The number of amides is 1. The fourth-order valence-corrected chi connectivity index (χ4v) is 5.75. The number of hydrogen-bond donors (Lipinski definition) is 1. The van der Waals surface area contributed by atoms with Crippen LogP contribution in [0.1, 0.15) is 32.9 Å². The topological polar surface area (TPSA) is 107 Å². The molecule has 0 saturated carbocycles. The van der Waals surface area contributed by atoms with Gasteiger partial charge < -0.3 is 19.7 Å². The summed E-state index contributed by atoms with van der Waals surface area (Å²) in [4.78, 5) is 26.7. The zero-order chi connectivity index (χ0) is 24.6. The normalized spacial score (nSPS) is 20.7. The molecule has 6 rings (SSSR count). The van der Waals surface area contributed by atoms with Crippen molar-refractivity contribution in [2.24, 2.45) is 0 Å². The van der Waals surface area contributed by atoms with Crippen molar-refractivity contribution in [1.82, 2.24) is 30.3 Å². The Morgan fingerprint density at radius 3 is 3.03 bits per heavy atom. The van der Waals surface area contributed by atoms with E-state index in [0.717, 1.165) is 28.1 Å². The number of nitrogens with one attached hydrogen (secondary N) is 1. The summed E-state index contributed by atoms with van der Waals surface area (Å²) in [5.41, 5.74) is 2.50. The van der Waals surface area contributed by atoms with Crippen LogP contribution < -0.4 is 15.0 Å². The van der Waals surface area contributed by atoms with E-state index in [1.165, 1.54) is 10.4 Å². The predicted molar refractivity (Wildman–Crippen MR) is 136 cm³/mol. The number of anilines is 1. The summed E-state index contributed by atoms with van der Waals surface area (Å²) in [6.07, 6.45) is 4.03. The van der Waals surface area contributed by atoms with Crippen LogP contribution in [0.25, 0.3) is 10.2 Å². The number of aryl methyl sites for hydroxylation is 3. The van der Waals surface area contributed by atoms with Crippen LogP contribution in [-0.4, -0.2) is 62.7 Å². The van der Waals surface area contributed by atoms with Gasteiger partial charge in [-0.15, -0.1) is 16.4 Å². The van der Waals surface area contributed by atoms with E-state index in [-0.39, 0.29) is 18.1 Å². The van der Waals surface area contributed by atoms with Gasteiger partial charge in [-0.3, -0.25) is 9.48 Å². The van der Waals surface area contributed by atoms with Crippen LogP contribution in [0.5, 0.6) is 5.75 Å². The molecule has 1 aromatic carbocycles. The molecule has 1 fully saturated rings. The number of carbonyl (C=O) groups excluding carboxylic acids is 1. The molecule has 11 heteroatoms. The van der Waals surface area contributed by atoms with E-state index in [1.807, 2.05) is 23.0 Å². The number of aromatic nitrogens is 5. The predicted octanol–water partition coefficient (Wildman–Crippen LogP) is 2.89. The first-order chi connectivity index (χ1) is 17.5. The third-order valence-electron chi connectivity index (χ3n) is 6.76. The molecule has 0 unspecified atom stereocenters. The van der Waals surface area contributed by atoms with Gasteiger partial charge in [0.15, 0.2) is 0 Å². The average Bonchev–Trinajstić information content (AvgIpc) is 3.58. The fraction of sp³-hybridized carbons (Fsp3) is 0.400. The van der Waals surface area contributed by atoms with Crippen molar-refractivity contribution in [3.8, 4) is 5.75 Å². The average molecular weight is 506 g/mol. The Kier molecular flexibility index (Phi) is 6.02. The minimum Gasteiger partial charge on any atom is -0.494 e. The van der Waals surface area contributed by atoms with Crippen molar-refractivity contribution in [3.05, 3.63) is 58.5 Å². The lowest BCUT2D eigenvalue weighted by atomic mass is 10.1. The highest BCUT2D eigenvalue weighted by Crippen LogP contribution is 2.35. The van der Waals surface area contributed by atoms with Crippen LogP contribution in [0, 0.1) is 13.8 Å². The number of carbonyl (C=O) groups is 1. The first-order valence-electron chi connectivity index (χ1n) is 12.0. The van der Waals surface area contributed by atoms with Gasteiger partial charge >= 0.3 is 0 Å². The third kappa shape index (κ3) is 4.40. The van der Waals surface area contributed by atoms with Gasteiger partial charge in [-0.2, -0.15) is 0 Å². The monoisotopic (exact) mass is 505 g/mol. The number of thiophene rings is 1. The molecule has 10 nitrogen and oxygen atoms in total. The summed E-state index contributed by atoms with van der Waals surface area (Å²) in [5, 5.41) is 12.7. The summed E-state index contributed by atoms with van der Waals surface area (Å²) in [6.45, 7) is 6.89. The van der Waals surface area contributed by atoms with Gasteiger partial charge in [-0.25, -0.2) is 9.97 Å². The zero-order valence-electron chi connectivity index (χ0n) is 20.2. The molecule has 5 heterocycles. The molecule has 186 valence electrons. The Morgan fingerprint density at radius 2 is 2.11 bits per heavy atom. The SMILES string of the molecule is Cc1sc2ncnc(N3C[C@@H]4NC(=O)c5cccc(c5)OCCCn5cc(nn5)CO[C@H]4C3)c2c1C. The molecule has 2 aliphatic heterocycles. The quantitative estimate of drug-likeness (QED) is 0.421. The fourth-order valence-electron chi connectivity index (χ4n) is 4.76. The number of hydrogen-bond acceptors (Lipinski definition) is 9. The van der Waals surface area contributed by atoms with Crippen LogP contribution >= 0.6 is 11.3 Å². The summed E-state index contributed by atoms with van der Waals surface area (Å²) >= 11 is 1.67. The maximum Gasteiger partial charge on any atom is 0.251 e. The molecule has 0 radical (unpaired) electrons. The van der Waals surface area contributed by atoms with Crippen LogP contribution in [-0.2, 0) is 17.9 Å². The lowest BCUT2D eigenvalue weighted by Crippen LogP contribution is -2.44. The molecule has 3 aromatic heterocycles. The van der Waals surface area contributed by atoms with Crippen molar-refractivity contribution in [2.45, 2.75) is 45.6 Å². The van der Waals surface area contributed by atoms with Crippen LogP contribution in [0.4, 0.5) is 5.82 Å². The molecule has 4 aromatic rings. The van der Waals surface area contributed by atoms with Crippen LogP contribution in [0.15, 0.2) is 36.8 Å². The van der Waals surface area contributed by atoms with Gasteiger partial charge in [0.25, 0.3) is 5.91 Å². The molecule has 36 heavy (non-hydrogen) atoms. The number of nitrogens with zero attached hydrogens (tertiary/aromatic N) is 6. The minimum absolute atomic E-state index is 0.158. The Bertz CT molecular complexity index is 1420. The maximum absolute atomic E-state index is 13.2. The number of benzene rings is 1. The Hall–Kier alpha value is -3.57. The second kappa shape index (κ2) is 9.47. The second-order valence-corrected chi connectivity index (χ2v) is 10.4. The zero-order valence-corrected chi connectivity index (χ0v) is 21.0. The lowest BCUT2D eigenvalue weighted by Gasteiger charge is -2.20. The number of rotatable bonds is 1. The summed E-state index contributed by atoms with van der Waals surface area (Å²) in [7, 11) is 0. The number of fused-ring (bicyclic) bond motifs is 6. The van der Waals surface area contributed by atoms with Gasteiger partial charge in [0.2, 0.25) is 0 Å². The van der Waals surface area contributed by atoms with Gasteiger partial charge in [-0.05, 0) is 37.6 Å². The van der Waals surface area contributed by atoms with E-state index in [1.54, 1.807) is 29.8 Å². The lowest BCUT2D eigenvalue weighted by molar-refractivity contribution is 0.0347. The maximum atomic E-state index is 13.2. The van der Waals surface area contributed by atoms with Crippen molar-refractivity contribution in [2.75, 3.05) is 24.6 Å².